The Labute approximate surface area is 120 Å². The van der Waals surface area contributed by atoms with Crippen LogP contribution in [0.2, 0.25) is 0 Å². The van der Waals surface area contributed by atoms with Gasteiger partial charge < -0.3 is 20.3 Å². The molecule has 0 aromatic heterocycles. The molecule has 1 aliphatic rings. The minimum atomic E-state index is -0.204. The lowest BCUT2D eigenvalue weighted by atomic mass is 9.97. The van der Waals surface area contributed by atoms with Crippen molar-refractivity contribution >= 4 is 0 Å². The number of ether oxygens (including phenoxy) is 1. The maximum atomic E-state index is 9.67. The van der Waals surface area contributed by atoms with Gasteiger partial charge in [0.2, 0.25) is 0 Å². The Balaban J connectivity index is 1.94. The minimum Gasteiger partial charge on any atom is -0.490 e. The number of hydrogen-bond acceptors (Lipinski definition) is 4. The van der Waals surface area contributed by atoms with E-state index in [2.05, 4.69) is 19.2 Å². The molecule has 1 aromatic rings. The zero-order valence-electron chi connectivity index (χ0n) is 12.3. The highest BCUT2D eigenvalue weighted by atomic mass is 16.5. The molecule has 2 atom stereocenters. The lowest BCUT2D eigenvalue weighted by Crippen LogP contribution is -2.50. The molecule has 3 N–H and O–H groups in total. The average Bonchev–Trinajstić information content (AvgIpc) is 2.82. The van der Waals surface area contributed by atoms with Gasteiger partial charge in [0.25, 0.3) is 0 Å². The van der Waals surface area contributed by atoms with Gasteiger partial charge in [0.05, 0.1) is 13.2 Å². The summed E-state index contributed by atoms with van der Waals surface area (Å²) in [6.45, 7) is 4.39. The van der Waals surface area contributed by atoms with Gasteiger partial charge in [0, 0.05) is 18.0 Å². The van der Waals surface area contributed by atoms with E-state index in [1.807, 2.05) is 24.3 Å². The third kappa shape index (κ3) is 3.72. The van der Waals surface area contributed by atoms with Gasteiger partial charge in [-0.1, -0.05) is 26.0 Å². The van der Waals surface area contributed by atoms with Crippen molar-refractivity contribution in [3.63, 3.8) is 0 Å². The SMILES string of the molecule is CC(C)NC1(CO)CCC(Oc2ccc(CO)cc2)C1. The van der Waals surface area contributed by atoms with E-state index in [0.29, 0.717) is 6.04 Å². The second kappa shape index (κ2) is 6.57. The predicted molar refractivity (Wildman–Crippen MR) is 78.7 cm³/mol. The normalized spacial score (nSPS) is 26.1. The van der Waals surface area contributed by atoms with Crippen molar-refractivity contribution in [3.8, 4) is 5.75 Å². The molecule has 2 unspecified atom stereocenters. The van der Waals surface area contributed by atoms with Crippen LogP contribution in [0, 0.1) is 0 Å². The summed E-state index contributed by atoms with van der Waals surface area (Å²) in [5.41, 5.74) is 0.680. The maximum Gasteiger partial charge on any atom is 0.119 e. The molecule has 0 bridgehead atoms. The van der Waals surface area contributed by atoms with Crippen molar-refractivity contribution in [3.05, 3.63) is 29.8 Å². The summed E-state index contributed by atoms with van der Waals surface area (Å²) in [6.07, 6.45) is 2.83. The Bertz CT molecular complexity index is 418. The number of aliphatic hydroxyl groups is 2. The summed E-state index contributed by atoms with van der Waals surface area (Å²) in [4.78, 5) is 0. The van der Waals surface area contributed by atoms with Crippen LogP contribution in [0.5, 0.6) is 5.75 Å². The van der Waals surface area contributed by atoms with Gasteiger partial charge in [-0.05, 0) is 30.5 Å². The molecule has 0 amide bonds. The van der Waals surface area contributed by atoms with Crippen LogP contribution in [-0.4, -0.2) is 34.5 Å². The second-order valence-corrected chi connectivity index (χ2v) is 6.02. The van der Waals surface area contributed by atoms with E-state index in [0.717, 1.165) is 30.6 Å². The third-order valence-corrected chi connectivity index (χ3v) is 3.87. The van der Waals surface area contributed by atoms with Crippen LogP contribution in [0.25, 0.3) is 0 Å². The van der Waals surface area contributed by atoms with E-state index in [1.165, 1.54) is 0 Å². The van der Waals surface area contributed by atoms with Crippen LogP contribution >= 0.6 is 0 Å². The highest BCUT2D eigenvalue weighted by Crippen LogP contribution is 2.33. The summed E-state index contributed by atoms with van der Waals surface area (Å²) >= 11 is 0. The number of hydrogen-bond donors (Lipinski definition) is 3. The van der Waals surface area contributed by atoms with E-state index < -0.39 is 0 Å². The van der Waals surface area contributed by atoms with Crippen molar-refractivity contribution in [2.75, 3.05) is 6.61 Å². The smallest absolute Gasteiger partial charge is 0.119 e. The summed E-state index contributed by atoms with van der Waals surface area (Å²) in [7, 11) is 0. The first kappa shape index (κ1) is 15.3. The first-order chi connectivity index (χ1) is 9.57. The van der Waals surface area contributed by atoms with E-state index >= 15 is 0 Å². The standard InChI is InChI=1S/C16H25NO3/c1-12(2)17-16(11-19)8-7-15(9-16)20-14-5-3-13(10-18)4-6-14/h3-6,12,15,17-19H,7-11H2,1-2H3. The molecule has 0 aliphatic heterocycles. The number of rotatable bonds is 6. The van der Waals surface area contributed by atoms with Crippen LogP contribution in [0.1, 0.15) is 38.7 Å². The van der Waals surface area contributed by atoms with Gasteiger partial charge >= 0.3 is 0 Å². The van der Waals surface area contributed by atoms with Crippen molar-refractivity contribution < 1.29 is 14.9 Å². The van der Waals surface area contributed by atoms with E-state index in [-0.39, 0.29) is 24.9 Å². The lowest BCUT2D eigenvalue weighted by Gasteiger charge is -2.30. The van der Waals surface area contributed by atoms with Crippen LogP contribution in [-0.2, 0) is 6.61 Å². The monoisotopic (exact) mass is 279 g/mol. The van der Waals surface area contributed by atoms with Crippen molar-refractivity contribution in [2.45, 2.75) is 57.4 Å². The van der Waals surface area contributed by atoms with Gasteiger partial charge in [0.15, 0.2) is 0 Å². The van der Waals surface area contributed by atoms with E-state index in [4.69, 9.17) is 9.84 Å². The number of benzene rings is 1. The molecular weight excluding hydrogens is 254 g/mol. The summed E-state index contributed by atoms with van der Waals surface area (Å²) < 4.78 is 5.98. The summed E-state index contributed by atoms with van der Waals surface area (Å²) in [5.74, 6) is 0.825. The van der Waals surface area contributed by atoms with Gasteiger partial charge in [0.1, 0.15) is 11.9 Å². The molecule has 1 aliphatic carbocycles. The second-order valence-electron chi connectivity index (χ2n) is 6.02. The molecule has 1 saturated carbocycles. The van der Waals surface area contributed by atoms with E-state index in [1.54, 1.807) is 0 Å². The van der Waals surface area contributed by atoms with Gasteiger partial charge in [-0.3, -0.25) is 0 Å². The van der Waals surface area contributed by atoms with Crippen molar-refractivity contribution in [1.82, 2.24) is 5.32 Å². The topological polar surface area (TPSA) is 61.7 Å². The Morgan fingerprint density at radius 3 is 2.55 bits per heavy atom. The maximum absolute atomic E-state index is 9.67. The molecule has 0 spiro atoms. The fourth-order valence-corrected chi connectivity index (χ4v) is 2.98. The fourth-order valence-electron chi connectivity index (χ4n) is 2.98. The zero-order chi connectivity index (χ0) is 14.6. The first-order valence-electron chi connectivity index (χ1n) is 7.32. The molecule has 0 heterocycles. The molecule has 1 fully saturated rings. The lowest BCUT2D eigenvalue weighted by molar-refractivity contribution is 0.133. The van der Waals surface area contributed by atoms with Crippen LogP contribution < -0.4 is 10.1 Å². The summed E-state index contributed by atoms with van der Waals surface area (Å²) in [5, 5.41) is 22.2. The minimum absolute atomic E-state index is 0.0512. The molecule has 112 valence electrons. The molecule has 20 heavy (non-hydrogen) atoms. The molecule has 2 rings (SSSR count). The average molecular weight is 279 g/mol. The molecule has 1 aromatic carbocycles. The number of nitrogens with one attached hydrogen (secondary N) is 1. The molecule has 4 nitrogen and oxygen atoms in total. The number of aliphatic hydroxyl groups excluding tert-OH is 2. The van der Waals surface area contributed by atoms with Crippen LogP contribution in [0.3, 0.4) is 0 Å². The molecule has 0 radical (unpaired) electrons. The Hall–Kier alpha value is -1.10. The highest BCUT2D eigenvalue weighted by Gasteiger charge is 2.40. The van der Waals surface area contributed by atoms with Crippen molar-refractivity contribution in [2.24, 2.45) is 0 Å². The quantitative estimate of drug-likeness (QED) is 0.743. The highest BCUT2D eigenvalue weighted by molar-refractivity contribution is 5.27. The molecule has 4 heteroatoms. The molecular formula is C16H25NO3. The summed E-state index contributed by atoms with van der Waals surface area (Å²) in [6, 6.07) is 7.87. The predicted octanol–water partition coefficient (Wildman–Crippen LogP) is 1.84. The van der Waals surface area contributed by atoms with E-state index in [9.17, 15) is 5.11 Å². The van der Waals surface area contributed by atoms with Crippen molar-refractivity contribution in [1.29, 1.82) is 0 Å². The van der Waals surface area contributed by atoms with Gasteiger partial charge in [-0.2, -0.15) is 0 Å². The third-order valence-electron chi connectivity index (χ3n) is 3.87. The van der Waals surface area contributed by atoms with Gasteiger partial charge in [-0.25, -0.2) is 0 Å². The zero-order valence-corrected chi connectivity index (χ0v) is 12.3. The van der Waals surface area contributed by atoms with Crippen LogP contribution in [0.15, 0.2) is 24.3 Å². The first-order valence-corrected chi connectivity index (χ1v) is 7.32. The van der Waals surface area contributed by atoms with Crippen LogP contribution in [0.4, 0.5) is 0 Å². The van der Waals surface area contributed by atoms with Gasteiger partial charge in [-0.15, -0.1) is 0 Å². The Morgan fingerprint density at radius 1 is 1.30 bits per heavy atom. The largest absolute Gasteiger partial charge is 0.490 e. The molecule has 0 saturated heterocycles. The Kier molecular flexibility index (Phi) is 5.02. The fraction of sp³-hybridized carbons (Fsp3) is 0.625. The Morgan fingerprint density at radius 2 is 2.00 bits per heavy atom.